The quantitative estimate of drug-likeness (QED) is 0.760. The molecule has 17 heavy (non-hydrogen) atoms. The number of ether oxygens (including phenoxy) is 1. The summed E-state index contributed by atoms with van der Waals surface area (Å²) in [5.74, 6) is 1.06. The zero-order valence-corrected chi connectivity index (χ0v) is 11.5. The van der Waals surface area contributed by atoms with Crippen molar-refractivity contribution < 1.29 is 9.84 Å². The molecule has 1 aliphatic heterocycles. The van der Waals surface area contributed by atoms with Crippen LogP contribution < -0.4 is 0 Å². The molecule has 98 valence electrons. The van der Waals surface area contributed by atoms with Gasteiger partial charge in [-0.1, -0.05) is 13.3 Å². The molecular weight excluding hydrogens is 212 g/mol. The van der Waals surface area contributed by atoms with Crippen LogP contribution in [0.15, 0.2) is 0 Å². The maximum absolute atomic E-state index is 9.75. The van der Waals surface area contributed by atoms with Gasteiger partial charge in [0, 0.05) is 12.5 Å². The van der Waals surface area contributed by atoms with Gasteiger partial charge in [-0.15, -0.1) is 0 Å². The van der Waals surface area contributed by atoms with E-state index in [4.69, 9.17) is 4.74 Å². The second kappa shape index (κ2) is 3.48. The molecule has 2 bridgehead atoms. The van der Waals surface area contributed by atoms with Crippen LogP contribution in [-0.2, 0) is 4.74 Å². The van der Waals surface area contributed by atoms with Crippen molar-refractivity contribution in [2.75, 3.05) is 6.61 Å². The molecule has 3 rings (SSSR count). The summed E-state index contributed by atoms with van der Waals surface area (Å²) in [5, 5.41) is 9.75. The Balaban J connectivity index is 2.03. The van der Waals surface area contributed by atoms with E-state index in [-0.39, 0.29) is 11.2 Å². The molecule has 0 amide bonds. The molecule has 2 saturated carbocycles. The van der Waals surface area contributed by atoms with Gasteiger partial charge in [-0.05, 0) is 57.3 Å². The molecule has 1 saturated heterocycles. The Bertz CT molecular complexity index is 325. The number of hydrogen-bond donors (Lipinski definition) is 1. The van der Waals surface area contributed by atoms with E-state index in [0.717, 1.165) is 6.42 Å². The summed E-state index contributed by atoms with van der Waals surface area (Å²) in [6.07, 6.45) is 7.47. The SMILES string of the molecule is CC1(C)OC23CC1CCC2(C)CCCC3CO. The van der Waals surface area contributed by atoms with Crippen LogP contribution in [-0.4, -0.2) is 22.9 Å². The third kappa shape index (κ3) is 1.40. The molecule has 2 heteroatoms. The third-order valence-corrected chi connectivity index (χ3v) is 6.21. The van der Waals surface area contributed by atoms with E-state index in [2.05, 4.69) is 20.8 Å². The van der Waals surface area contributed by atoms with Crippen molar-refractivity contribution in [3.8, 4) is 0 Å². The Morgan fingerprint density at radius 1 is 1.18 bits per heavy atom. The van der Waals surface area contributed by atoms with Crippen LogP contribution in [0, 0.1) is 17.3 Å². The van der Waals surface area contributed by atoms with Gasteiger partial charge in [-0.3, -0.25) is 0 Å². The highest BCUT2D eigenvalue weighted by Gasteiger charge is 2.65. The second-order valence-electron chi connectivity index (χ2n) is 7.37. The fraction of sp³-hybridized carbons (Fsp3) is 1.00. The zero-order chi connectivity index (χ0) is 12.3. The van der Waals surface area contributed by atoms with E-state index in [9.17, 15) is 5.11 Å². The zero-order valence-electron chi connectivity index (χ0n) is 11.5. The summed E-state index contributed by atoms with van der Waals surface area (Å²) in [4.78, 5) is 0. The maximum atomic E-state index is 9.75. The number of hydrogen-bond acceptors (Lipinski definition) is 2. The van der Waals surface area contributed by atoms with Gasteiger partial charge in [0.05, 0.1) is 11.2 Å². The van der Waals surface area contributed by atoms with Gasteiger partial charge < -0.3 is 9.84 Å². The summed E-state index contributed by atoms with van der Waals surface area (Å²) >= 11 is 0. The summed E-state index contributed by atoms with van der Waals surface area (Å²) in [5.41, 5.74) is 0.303. The normalized spacial score (nSPS) is 52.2. The van der Waals surface area contributed by atoms with Gasteiger partial charge >= 0.3 is 0 Å². The van der Waals surface area contributed by atoms with Crippen molar-refractivity contribution in [2.45, 2.75) is 70.5 Å². The Morgan fingerprint density at radius 3 is 2.65 bits per heavy atom. The standard InChI is InChI=1S/C15H26O2/c1-13(2)11-6-8-14(3)7-4-5-12(10-16)15(14,9-11)17-13/h11-12,16H,4-10H2,1-3H3. The molecule has 2 nitrogen and oxygen atoms in total. The Kier molecular flexibility index (Phi) is 2.45. The van der Waals surface area contributed by atoms with E-state index in [1.807, 2.05) is 0 Å². The first-order chi connectivity index (χ1) is 7.94. The maximum Gasteiger partial charge on any atom is 0.0796 e. The molecule has 2 aliphatic carbocycles. The first-order valence-corrected chi connectivity index (χ1v) is 7.25. The van der Waals surface area contributed by atoms with Crippen molar-refractivity contribution >= 4 is 0 Å². The first kappa shape index (κ1) is 12.0. The van der Waals surface area contributed by atoms with E-state index >= 15 is 0 Å². The minimum Gasteiger partial charge on any atom is -0.396 e. The van der Waals surface area contributed by atoms with Crippen LogP contribution in [0.4, 0.5) is 0 Å². The van der Waals surface area contributed by atoms with Gasteiger partial charge in [-0.25, -0.2) is 0 Å². The lowest BCUT2D eigenvalue weighted by molar-refractivity contribution is -0.203. The monoisotopic (exact) mass is 238 g/mol. The van der Waals surface area contributed by atoms with Crippen LogP contribution >= 0.6 is 0 Å². The van der Waals surface area contributed by atoms with Gasteiger partial charge in [-0.2, -0.15) is 0 Å². The van der Waals surface area contributed by atoms with E-state index in [1.54, 1.807) is 0 Å². The van der Waals surface area contributed by atoms with Crippen molar-refractivity contribution in [1.29, 1.82) is 0 Å². The fourth-order valence-electron chi connectivity index (χ4n) is 5.02. The highest BCUT2D eigenvalue weighted by Crippen LogP contribution is 2.65. The van der Waals surface area contributed by atoms with Crippen LogP contribution in [0.3, 0.4) is 0 Å². The lowest BCUT2D eigenvalue weighted by Crippen LogP contribution is -2.57. The van der Waals surface area contributed by atoms with Gasteiger partial charge in [0.2, 0.25) is 0 Å². The summed E-state index contributed by atoms with van der Waals surface area (Å²) in [7, 11) is 0. The van der Waals surface area contributed by atoms with E-state index < -0.39 is 0 Å². The average molecular weight is 238 g/mol. The molecule has 0 aromatic rings. The smallest absolute Gasteiger partial charge is 0.0796 e. The van der Waals surface area contributed by atoms with Crippen molar-refractivity contribution in [1.82, 2.24) is 0 Å². The van der Waals surface area contributed by atoms with Crippen molar-refractivity contribution in [3.63, 3.8) is 0 Å². The lowest BCUT2D eigenvalue weighted by Gasteiger charge is -2.55. The predicted octanol–water partition coefficient (Wildman–Crippen LogP) is 3.13. The summed E-state index contributed by atoms with van der Waals surface area (Å²) in [6, 6.07) is 0. The van der Waals surface area contributed by atoms with E-state index in [1.165, 1.54) is 32.1 Å². The molecule has 3 fully saturated rings. The molecule has 0 aromatic carbocycles. The van der Waals surface area contributed by atoms with Crippen LogP contribution in [0.2, 0.25) is 0 Å². The van der Waals surface area contributed by atoms with E-state index in [0.29, 0.717) is 23.9 Å². The van der Waals surface area contributed by atoms with Crippen molar-refractivity contribution in [2.24, 2.45) is 17.3 Å². The third-order valence-electron chi connectivity index (χ3n) is 6.21. The topological polar surface area (TPSA) is 29.5 Å². The van der Waals surface area contributed by atoms with Crippen LogP contribution in [0.5, 0.6) is 0 Å². The Labute approximate surface area is 105 Å². The number of rotatable bonds is 1. The average Bonchev–Trinajstić information content (AvgIpc) is 2.49. The lowest BCUT2D eigenvalue weighted by atomic mass is 9.52. The summed E-state index contributed by atoms with van der Waals surface area (Å²) < 4.78 is 6.61. The Hall–Kier alpha value is -0.0800. The number of aliphatic hydroxyl groups is 1. The van der Waals surface area contributed by atoms with Gasteiger partial charge in [0.1, 0.15) is 0 Å². The minimum absolute atomic E-state index is 0.0164. The molecule has 4 atom stereocenters. The van der Waals surface area contributed by atoms with Crippen molar-refractivity contribution in [3.05, 3.63) is 0 Å². The largest absolute Gasteiger partial charge is 0.396 e. The summed E-state index contributed by atoms with van der Waals surface area (Å²) in [6.45, 7) is 7.22. The molecule has 1 N–H and O–H groups in total. The molecule has 4 unspecified atom stereocenters. The molecule has 0 aromatic heterocycles. The number of fused-ring (bicyclic) bond motifs is 1. The molecular formula is C15H26O2. The number of aliphatic hydroxyl groups excluding tert-OH is 1. The van der Waals surface area contributed by atoms with Gasteiger partial charge in [0.15, 0.2) is 0 Å². The molecule has 3 aliphatic rings. The Morgan fingerprint density at radius 2 is 1.94 bits per heavy atom. The van der Waals surface area contributed by atoms with Gasteiger partial charge in [0.25, 0.3) is 0 Å². The minimum atomic E-state index is -0.0214. The fourth-order valence-corrected chi connectivity index (χ4v) is 5.02. The first-order valence-electron chi connectivity index (χ1n) is 7.25. The molecule has 0 radical (unpaired) electrons. The second-order valence-corrected chi connectivity index (χ2v) is 7.37. The molecule has 1 spiro atoms. The van der Waals surface area contributed by atoms with Crippen LogP contribution in [0.25, 0.3) is 0 Å². The highest BCUT2D eigenvalue weighted by molar-refractivity contribution is 5.15. The predicted molar refractivity (Wildman–Crippen MR) is 67.8 cm³/mol. The highest BCUT2D eigenvalue weighted by atomic mass is 16.5. The van der Waals surface area contributed by atoms with Crippen LogP contribution in [0.1, 0.15) is 59.3 Å². The molecule has 1 heterocycles.